The summed E-state index contributed by atoms with van der Waals surface area (Å²) in [5, 5.41) is 0.0937. The molecule has 0 aromatic heterocycles. The topological polar surface area (TPSA) is 35.5 Å². The van der Waals surface area contributed by atoms with Crippen LogP contribution >= 0.6 is 0 Å². The van der Waals surface area contributed by atoms with Crippen LogP contribution in [0.3, 0.4) is 0 Å². The minimum absolute atomic E-state index is 0.0548. The van der Waals surface area contributed by atoms with E-state index in [1.807, 2.05) is 24.3 Å². The standard InChI is InChI=1S/C23H28O3Si/c1-15(26-27(6,7)23(3,4)5)21-17-11-8-9-12-18(17)22-19(21)13-10-14-20(22)25-16(2)24/h8-14,21H,1H2,2-7H3. The van der Waals surface area contributed by atoms with E-state index < -0.39 is 8.32 Å². The van der Waals surface area contributed by atoms with Crippen LogP contribution in [0.2, 0.25) is 18.1 Å². The number of carbonyl (C=O) groups is 1. The molecule has 0 saturated heterocycles. The summed E-state index contributed by atoms with van der Waals surface area (Å²) >= 11 is 0. The number of fused-ring (bicyclic) bond motifs is 3. The van der Waals surface area contributed by atoms with Crippen LogP contribution in [0.4, 0.5) is 0 Å². The molecule has 0 radical (unpaired) electrons. The van der Waals surface area contributed by atoms with E-state index in [0.717, 1.165) is 28.0 Å². The number of carbonyl (C=O) groups excluding carboxylic acids is 1. The Bertz CT molecular complexity index is 906. The zero-order valence-corrected chi connectivity index (χ0v) is 18.1. The molecule has 0 saturated carbocycles. The quantitative estimate of drug-likeness (QED) is 0.272. The molecule has 1 atom stereocenters. The first-order valence-electron chi connectivity index (χ1n) is 9.31. The van der Waals surface area contributed by atoms with Gasteiger partial charge in [-0.15, -0.1) is 0 Å². The number of benzene rings is 2. The van der Waals surface area contributed by atoms with E-state index in [0.29, 0.717) is 5.75 Å². The SMILES string of the molecule is C=C(O[Si](C)(C)C(C)(C)C)C1c2ccccc2-c2c(OC(C)=O)cccc21. The molecule has 1 aliphatic carbocycles. The summed E-state index contributed by atoms with van der Waals surface area (Å²) < 4.78 is 12.1. The van der Waals surface area contributed by atoms with Gasteiger partial charge in [0.2, 0.25) is 8.32 Å². The Labute approximate surface area is 163 Å². The van der Waals surface area contributed by atoms with Crippen molar-refractivity contribution in [2.75, 3.05) is 0 Å². The number of rotatable bonds is 4. The van der Waals surface area contributed by atoms with E-state index in [1.165, 1.54) is 6.92 Å². The monoisotopic (exact) mass is 380 g/mol. The molecule has 0 heterocycles. The molecule has 27 heavy (non-hydrogen) atoms. The van der Waals surface area contributed by atoms with Crippen LogP contribution in [0.15, 0.2) is 54.8 Å². The molecule has 3 rings (SSSR count). The largest absolute Gasteiger partial charge is 0.546 e. The van der Waals surface area contributed by atoms with Crippen LogP contribution in [0, 0.1) is 0 Å². The molecule has 0 amide bonds. The maximum Gasteiger partial charge on any atom is 0.308 e. The third kappa shape index (κ3) is 3.46. The average molecular weight is 381 g/mol. The highest BCUT2D eigenvalue weighted by molar-refractivity contribution is 6.74. The van der Waals surface area contributed by atoms with Gasteiger partial charge < -0.3 is 9.16 Å². The highest BCUT2D eigenvalue weighted by atomic mass is 28.4. The summed E-state index contributed by atoms with van der Waals surface area (Å²) in [4.78, 5) is 11.6. The Hall–Kier alpha value is -2.33. The molecule has 1 unspecified atom stereocenters. The fraction of sp³-hybridized carbons (Fsp3) is 0.348. The smallest absolute Gasteiger partial charge is 0.308 e. The second-order valence-electron chi connectivity index (χ2n) is 8.66. The van der Waals surface area contributed by atoms with Gasteiger partial charge in [0.1, 0.15) is 5.75 Å². The molecular weight excluding hydrogens is 352 g/mol. The van der Waals surface area contributed by atoms with Gasteiger partial charge in [0.25, 0.3) is 0 Å². The Morgan fingerprint density at radius 3 is 2.30 bits per heavy atom. The van der Waals surface area contributed by atoms with Crippen LogP contribution in [-0.4, -0.2) is 14.3 Å². The fourth-order valence-electron chi connectivity index (χ4n) is 3.35. The van der Waals surface area contributed by atoms with E-state index in [4.69, 9.17) is 9.16 Å². The van der Waals surface area contributed by atoms with E-state index in [1.54, 1.807) is 0 Å². The van der Waals surface area contributed by atoms with E-state index >= 15 is 0 Å². The molecule has 3 nitrogen and oxygen atoms in total. The molecule has 2 aromatic rings. The van der Waals surface area contributed by atoms with Gasteiger partial charge in [0.15, 0.2) is 0 Å². The van der Waals surface area contributed by atoms with Crippen LogP contribution in [0.5, 0.6) is 5.75 Å². The number of esters is 1. The highest BCUT2D eigenvalue weighted by Gasteiger charge is 2.42. The van der Waals surface area contributed by atoms with Crippen molar-refractivity contribution in [3.8, 4) is 16.9 Å². The van der Waals surface area contributed by atoms with Crippen LogP contribution < -0.4 is 4.74 Å². The van der Waals surface area contributed by atoms with Gasteiger partial charge in [0, 0.05) is 12.5 Å². The maximum atomic E-state index is 11.6. The minimum Gasteiger partial charge on any atom is -0.546 e. The van der Waals surface area contributed by atoms with Crippen molar-refractivity contribution in [3.63, 3.8) is 0 Å². The predicted octanol–water partition coefficient (Wildman–Crippen LogP) is 6.26. The van der Waals surface area contributed by atoms with E-state index in [9.17, 15) is 4.79 Å². The van der Waals surface area contributed by atoms with Crippen LogP contribution in [0.1, 0.15) is 44.7 Å². The first-order chi connectivity index (χ1) is 12.5. The van der Waals surface area contributed by atoms with Crippen molar-refractivity contribution < 1.29 is 14.0 Å². The lowest BCUT2D eigenvalue weighted by molar-refractivity contribution is -0.131. The third-order valence-corrected chi connectivity index (χ3v) is 10.1. The minimum atomic E-state index is -2.00. The third-order valence-electron chi connectivity index (χ3n) is 5.68. The van der Waals surface area contributed by atoms with Gasteiger partial charge >= 0.3 is 5.97 Å². The van der Waals surface area contributed by atoms with Crippen LogP contribution in [-0.2, 0) is 9.22 Å². The second-order valence-corrected chi connectivity index (χ2v) is 13.4. The zero-order chi connectivity index (χ0) is 20.0. The molecule has 1 aliphatic rings. The van der Waals surface area contributed by atoms with Gasteiger partial charge in [-0.25, -0.2) is 0 Å². The average Bonchev–Trinajstić information content (AvgIpc) is 2.88. The van der Waals surface area contributed by atoms with E-state index in [2.05, 4.69) is 58.6 Å². The van der Waals surface area contributed by atoms with Crippen molar-refractivity contribution >= 4 is 14.3 Å². The molecule has 142 valence electrons. The summed E-state index contributed by atoms with van der Waals surface area (Å²) in [5.41, 5.74) is 4.28. The van der Waals surface area contributed by atoms with Crippen molar-refractivity contribution in [1.29, 1.82) is 0 Å². The normalized spacial score (nSPS) is 15.7. The van der Waals surface area contributed by atoms with Gasteiger partial charge in [0.05, 0.1) is 11.7 Å². The molecule has 2 aromatic carbocycles. The summed E-state index contributed by atoms with van der Waals surface area (Å²) in [6, 6.07) is 14.1. The Morgan fingerprint density at radius 2 is 1.67 bits per heavy atom. The number of hydrogen-bond acceptors (Lipinski definition) is 3. The highest BCUT2D eigenvalue weighted by Crippen LogP contribution is 2.52. The van der Waals surface area contributed by atoms with Gasteiger partial charge in [-0.2, -0.15) is 0 Å². The lowest BCUT2D eigenvalue weighted by atomic mass is 9.95. The Balaban J connectivity index is 2.09. The number of ether oxygens (including phenoxy) is 1. The molecule has 0 fully saturated rings. The predicted molar refractivity (Wildman–Crippen MR) is 112 cm³/mol. The summed E-state index contributed by atoms with van der Waals surface area (Å²) in [6.07, 6.45) is 0. The van der Waals surface area contributed by atoms with Crippen molar-refractivity contribution in [2.24, 2.45) is 0 Å². The van der Waals surface area contributed by atoms with Crippen molar-refractivity contribution in [2.45, 2.75) is 51.7 Å². The molecule has 0 spiro atoms. The lowest BCUT2D eigenvalue weighted by Crippen LogP contribution is -2.40. The number of hydrogen-bond donors (Lipinski definition) is 0. The zero-order valence-electron chi connectivity index (χ0n) is 17.1. The maximum absolute atomic E-state index is 11.6. The Morgan fingerprint density at radius 1 is 1.04 bits per heavy atom. The Kier molecular flexibility index (Phi) is 4.81. The van der Waals surface area contributed by atoms with Crippen molar-refractivity contribution in [1.82, 2.24) is 0 Å². The fourth-order valence-corrected chi connectivity index (χ4v) is 4.43. The molecule has 0 bridgehead atoms. The van der Waals surface area contributed by atoms with Crippen LogP contribution in [0.25, 0.3) is 11.1 Å². The van der Waals surface area contributed by atoms with Gasteiger partial charge in [-0.1, -0.05) is 63.7 Å². The van der Waals surface area contributed by atoms with Crippen molar-refractivity contribution in [3.05, 3.63) is 65.9 Å². The number of allylic oxidation sites excluding steroid dienone is 1. The summed E-state index contributed by atoms with van der Waals surface area (Å²) in [6.45, 7) is 16.9. The lowest BCUT2D eigenvalue weighted by Gasteiger charge is -2.38. The van der Waals surface area contributed by atoms with Gasteiger partial charge in [-0.3, -0.25) is 4.79 Å². The first kappa shape index (κ1) is 19.4. The molecule has 0 N–H and O–H groups in total. The second kappa shape index (κ2) is 6.68. The summed E-state index contributed by atoms with van der Waals surface area (Å²) in [7, 11) is -2.00. The first-order valence-corrected chi connectivity index (χ1v) is 12.2. The molecule has 4 heteroatoms. The van der Waals surface area contributed by atoms with E-state index in [-0.39, 0.29) is 16.9 Å². The summed E-state index contributed by atoms with van der Waals surface area (Å²) in [5.74, 6) is 0.990. The molecular formula is C23H28O3Si. The van der Waals surface area contributed by atoms with Gasteiger partial charge in [-0.05, 0) is 40.9 Å². The molecule has 0 aliphatic heterocycles.